The Morgan fingerprint density at radius 1 is 1.03 bits per heavy atom. The van der Waals surface area contributed by atoms with E-state index in [0.717, 1.165) is 15.9 Å². The van der Waals surface area contributed by atoms with E-state index in [1.807, 2.05) is 27.7 Å². The molecule has 1 fully saturated rings. The van der Waals surface area contributed by atoms with Gasteiger partial charge in [0.15, 0.2) is 5.82 Å². The van der Waals surface area contributed by atoms with E-state index < -0.39 is 40.3 Å². The van der Waals surface area contributed by atoms with Crippen LogP contribution in [-0.4, -0.2) is 64.2 Å². The highest BCUT2D eigenvalue weighted by molar-refractivity contribution is 8.32. The molecule has 0 amide bonds. The van der Waals surface area contributed by atoms with Crippen LogP contribution in [0.1, 0.15) is 33.5 Å². The van der Waals surface area contributed by atoms with Crippen LogP contribution in [0.25, 0.3) is 11.4 Å². The fraction of sp³-hybridized carbons (Fsp3) is 0.619. The molecule has 0 N–H and O–H groups in total. The van der Waals surface area contributed by atoms with Crippen molar-refractivity contribution in [2.45, 2.75) is 51.8 Å². The molecule has 0 radical (unpaired) electrons. The molecule has 1 aliphatic rings. The van der Waals surface area contributed by atoms with E-state index in [9.17, 15) is 13.2 Å². The third-order valence-electron chi connectivity index (χ3n) is 5.67. The minimum absolute atomic E-state index is 0.0113. The van der Waals surface area contributed by atoms with Gasteiger partial charge in [0.1, 0.15) is 6.73 Å². The Balaban J connectivity index is 1.77. The Hall–Kier alpha value is -1.56. The lowest BCUT2D eigenvalue weighted by atomic mass is 9.79. The predicted octanol–water partition coefficient (Wildman–Crippen LogP) is 3.93. The average Bonchev–Trinajstić information content (AvgIpc) is 3.17. The van der Waals surface area contributed by atoms with Gasteiger partial charge in [0.05, 0.1) is 17.8 Å². The number of alkyl halides is 3. The van der Waals surface area contributed by atoms with Crippen LogP contribution in [0, 0.1) is 0 Å². The van der Waals surface area contributed by atoms with Crippen LogP contribution in [0.15, 0.2) is 24.3 Å². The van der Waals surface area contributed by atoms with Crippen molar-refractivity contribution in [2.75, 3.05) is 31.1 Å². The molecule has 0 spiro atoms. The Morgan fingerprint density at radius 3 is 2.09 bits per heavy atom. The molecule has 0 saturated carbocycles. The summed E-state index contributed by atoms with van der Waals surface area (Å²) < 4.78 is 58.7. The molecular formula is C21H31BF3N3O3S. The normalized spacial score (nSPS) is 18.9. The second-order valence-electron chi connectivity index (χ2n) is 9.80. The van der Waals surface area contributed by atoms with Crippen LogP contribution in [0.2, 0.25) is 0 Å². The number of hydrogen-bond acceptors (Lipinski definition) is 5. The zero-order valence-corrected chi connectivity index (χ0v) is 20.4. The molecule has 6 nitrogen and oxygen atoms in total. The zero-order chi connectivity index (χ0) is 23.9. The second kappa shape index (κ2) is 8.66. The van der Waals surface area contributed by atoms with Gasteiger partial charge in [0.2, 0.25) is 5.82 Å². The second-order valence-corrected chi connectivity index (χ2v) is 14.4. The molecule has 3 rings (SSSR count). The highest BCUT2D eigenvalue weighted by atomic mass is 32.3. The van der Waals surface area contributed by atoms with Gasteiger partial charge >= 0.3 is 13.3 Å². The largest absolute Gasteiger partial charge is 0.494 e. The van der Waals surface area contributed by atoms with Crippen molar-refractivity contribution in [1.82, 2.24) is 14.8 Å². The fourth-order valence-electron chi connectivity index (χ4n) is 2.99. The first-order valence-corrected chi connectivity index (χ1v) is 13.3. The Bertz CT molecular complexity index is 924. The van der Waals surface area contributed by atoms with Crippen LogP contribution in [0.4, 0.5) is 13.2 Å². The zero-order valence-electron chi connectivity index (χ0n) is 19.6. The summed E-state index contributed by atoms with van der Waals surface area (Å²) in [6.45, 7) is 7.91. The maximum atomic E-state index is 13.5. The SMILES string of the molecule is CC1(C)OB(c2ccc(-c3nc(C(F)(F)F)n(COCCS(C)(C)C)n3)cc2)OC1(C)C. The maximum absolute atomic E-state index is 13.5. The highest BCUT2D eigenvalue weighted by Gasteiger charge is 2.51. The lowest BCUT2D eigenvalue weighted by Gasteiger charge is -2.32. The summed E-state index contributed by atoms with van der Waals surface area (Å²) in [5.74, 6) is -0.287. The van der Waals surface area contributed by atoms with E-state index in [4.69, 9.17) is 14.0 Å². The molecule has 2 heterocycles. The van der Waals surface area contributed by atoms with Gasteiger partial charge < -0.3 is 14.0 Å². The van der Waals surface area contributed by atoms with Gasteiger partial charge in [0, 0.05) is 11.3 Å². The maximum Gasteiger partial charge on any atom is 0.494 e. The van der Waals surface area contributed by atoms with E-state index in [2.05, 4.69) is 28.8 Å². The van der Waals surface area contributed by atoms with Crippen molar-refractivity contribution in [3.05, 3.63) is 30.1 Å². The van der Waals surface area contributed by atoms with E-state index in [-0.39, 0.29) is 12.6 Å². The van der Waals surface area contributed by atoms with Gasteiger partial charge in [-0.2, -0.15) is 13.2 Å². The molecule has 0 atom stereocenters. The van der Waals surface area contributed by atoms with Crippen molar-refractivity contribution in [2.24, 2.45) is 0 Å². The van der Waals surface area contributed by atoms with Crippen LogP contribution in [0.3, 0.4) is 0 Å². The van der Waals surface area contributed by atoms with Crippen LogP contribution in [-0.2, 0) is 27.0 Å². The van der Waals surface area contributed by atoms with Crippen molar-refractivity contribution < 1.29 is 27.2 Å². The Morgan fingerprint density at radius 2 is 1.59 bits per heavy atom. The topological polar surface area (TPSA) is 58.4 Å². The summed E-state index contributed by atoms with van der Waals surface area (Å²) in [6.07, 6.45) is 1.74. The molecule has 11 heteroatoms. The minimum Gasteiger partial charge on any atom is -0.399 e. The third-order valence-corrected chi connectivity index (χ3v) is 7.06. The quantitative estimate of drug-likeness (QED) is 0.451. The molecule has 2 aromatic rings. The molecule has 1 aromatic heterocycles. The van der Waals surface area contributed by atoms with E-state index in [0.29, 0.717) is 12.2 Å². The molecular weight excluding hydrogens is 442 g/mol. The first-order valence-electron chi connectivity index (χ1n) is 10.3. The lowest BCUT2D eigenvalue weighted by molar-refractivity contribution is -0.150. The summed E-state index contributed by atoms with van der Waals surface area (Å²) in [4.78, 5) is 3.74. The predicted molar refractivity (Wildman–Crippen MR) is 122 cm³/mol. The minimum atomic E-state index is -4.63. The molecule has 0 unspecified atom stereocenters. The van der Waals surface area contributed by atoms with Gasteiger partial charge in [-0.25, -0.2) is 19.7 Å². The van der Waals surface area contributed by atoms with E-state index >= 15 is 0 Å². The smallest absolute Gasteiger partial charge is 0.399 e. The van der Waals surface area contributed by atoms with Crippen LogP contribution in [0.5, 0.6) is 0 Å². The third kappa shape index (κ3) is 5.67. The summed E-state index contributed by atoms with van der Waals surface area (Å²) in [7, 11) is -1.35. The summed E-state index contributed by atoms with van der Waals surface area (Å²) >= 11 is 0. The molecule has 1 aliphatic heterocycles. The molecule has 1 saturated heterocycles. The first-order chi connectivity index (χ1) is 14.6. The number of nitrogens with zero attached hydrogens (tertiary/aromatic N) is 3. The monoisotopic (exact) mass is 473 g/mol. The fourth-order valence-corrected chi connectivity index (χ4v) is 3.61. The van der Waals surface area contributed by atoms with Gasteiger partial charge in [-0.15, -0.1) is 5.10 Å². The number of aromatic nitrogens is 3. The number of rotatable bonds is 7. The highest BCUT2D eigenvalue weighted by Crippen LogP contribution is 2.37. The number of ether oxygens (including phenoxy) is 1. The number of halogens is 3. The molecule has 32 heavy (non-hydrogen) atoms. The first kappa shape index (κ1) is 25.1. The van der Waals surface area contributed by atoms with Crippen LogP contribution < -0.4 is 5.46 Å². The Kier molecular flexibility index (Phi) is 6.79. The molecule has 178 valence electrons. The van der Waals surface area contributed by atoms with Gasteiger partial charge in [-0.05, 0) is 51.9 Å². The van der Waals surface area contributed by atoms with Gasteiger partial charge in [0.25, 0.3) is 0 Å². The standard InChI is InChI=1S/C21H31BF3N3O3S/c1-19(2)20(3,4)31-22(30-19)16-10-8-15(9-11-16)17-26-18(21(23,24)25)28(27-17)14-29-12-13-32(5,6)7/h8-11H,12-14H2,1-7H3. The molecule has 0 aliphatic carbocycles. The number of hydrogen-bond donors (Lipinski definition) is 0. The van der Waals surface area contributed by atoms with Crippen molar-refractivity contribution >= 4 is 22.6 Å². The van der Waals surface area contributed by atoms with E-state index in [1.54, 1.807) is 24.3 Å². The van der Waals surface area contributed by atoms with Crippen LogP contribution >= 0.6 is 10.0 Å². The summed E-state index contributed by atoms with van der Waals surface area (Å²) in [5, 5.41) is 4.06. The molecule has 1 aromatic carbocycles. The molecule has 0 bridgehead atoms. The lowest BCUT2D eigenvalue weighted by Crippen LogP contribution is -2.41. The van der Waals surface area contributed by atoms with Gasteiger partial charge in [-0.3, -0.25) is 0 Å². The summed E-state index contributed by atoms with van der Waals surface area (Å²) in [5.41, 5.74) is 0.282. The van der Waals surface area contributed by atoms with Crippen molar-refractivity contribution in [3.63, 3.8) is 0 Å². The van der Waals surface area contributed by atoms with Crippen molar-refractivity contribution in [1.29, 1.82) is 0 Å². The van der Waals surface area contributed by atoms with Crippen molar-refractivity contribution in [3.8, 4) is 11.4 Å². The van der Waals surface area contributed by atoms with E-state index in [1.165, 1.54) is 0 Å². The van der Waals surface area contributed by atoms with Gasteiger partial charge in [-0.1, -0.05) is 24.3 Å². The average molecular weight is 473 g/mol. The Labute approximate surface area is 189 Å². The summed E-state index contributed by atoms with van der Waals surface area (Å²) in [6, 6.07) is 6.86. The number of benzene rings is 1.